The van der Waals surface area contributed by atoms with Gasteiger partial charge in [-0.1, -0.05) is 12.1 Å². The number of nitrogens with one attached hydrogen (secondary N) is 2. The minimum Gasteiger partial charge on any atom is -0.343 e. The van der Waals surface area contributed by atoms with Gasteiger partial charge in [0.2, 0.25) is 11.8 Å². The van der Waals surface area contributed by atoms with Gasteiger partial charge in [-0.2, -0.15) is 0 Å². The van der Waals surface area contributed by atoms with Crippen LogP contribution in [0.25, 0.3) is 0 Å². The van der Waals surface area contributed by atoms with Gasteiger partial charge < -0.3 is 15.5 Å². The van der Waals surface area contributed by atoms with Gasteiger partial charge in [-0.15, -0.1) is 0 Å². The topological polar surface area (TPSA) is 61.4 Å². The molecule has 0 saturated heterocycles. The van der Waals surface area contributed by atoms with E-state index in [1.54, 1.807) is 17.0 Å². The standard InChI is InChI=1S/C15H22FN3O2/c1-3-19(4-2)15(21)9-10-17-11-14(20)18-13-8-6-5-7-12(13)16/h5-8,17H,3-4,9-11H2,1-2H3,(H,18,20). The molecule has 0 aliphatic carbocycles. The van der Waals surface area contributed by atoms with Gasteiger partial charge in [-0.25, -0.2) is 4.39 Å². The number of halogens is 1. The number of carbonyl (C=O) groups excluding carboxylic acids is 2. The van der Waals surface area contributed by atoms with Crippen LogP contribution in [0.1, 0.15) is 20.3 Å². The smallest absolute Gasteiger partial charge is 0.238 e. The van der Waals surface area contributed by atoms with Crippen molar-refractivity contribution in [2.24, 2.45) is 0 Å². The van der Waals surface area contributed by atoms with Crippen LogP contribution >= 0.6 is 0 Å². The maximum Gasteiger partial charge on any atom is 0.238 e. The fourth-order valence-electron chi connectivity index (χ4n) is 1.89. The van der Waals surface area contributed by atoms with Crippen molar-refractivity contribution >= 4 is 17.5 Å². The molecule has 0 fully saturated rings. The van der Waals surface area contributed by atoms with E-state index in [1.807, 2.05) is 13.8 Å². The molecule has 0 radical (unpaired) electrons. The van der Waals surface area contributed by atoms with Crippen LogP contribution in [0.2, 0.25) is 0 Å². The lowest BCUT2D eigenvalue weighted by molar-refractivity contribution is -0.130. The van der Waals surface area contributed by atoms with Gasteiger partial charge in [-0.3, -0.25) is 9.59 Å². The van der Waals surface area contributed by atoms with E-state index in [-0.39, 0.29) is 24.0 Å². The summed E-state index contributed by atoms with van der Waals surface area (Å²) in [5, 5.41) is 5.35. The second-order valence-corrected chi connectivity index (χ2v) is 4.52. The first-order valence-electron chi connectivity index (χ1n) is 7.11. The first-order chi connectivity index (χ1) is 10.1. The second kappa shape index (κ2) is 9.07. The Hall–Kier alpha value is -1.95. The molecule has 0 heterocycles. The summed E-state index contributed by atoms with van der Waals surface area (Å²) >= 11 is 0. The highest BCUT2D eigenvalue weighted by atomic mass is 19.1. The van der Waals surface area contributed by atoms with E-state index < -0.39 is 5.82 Å². The van der Waals surface area contributed by atoms with Crippen molar-refractivity contribution in [2.75, 3.05) is 31.5 Å². The normalized spacial score (nSPS) is 10.2. The molecule has 2 N–H and O–H groups in total. The molecule has 1 rings (SSSR count). The van der Waals surface area contributed by atoms with Crippen LogP contribution in [0.5, 0.6) is 0 Å². The van der Waals surface area contributed by atoms with E-state index in [2.05, 4.69) is 10.6 Å². The second-order valence-electron chi connectivity index (χ2n) is 4.52. The summed E-state index contributed by atoms with van der Waals surface area (Å²) in [5.74, 6) is -0.750. The quantitative estimate of drug-likeness (QED) is 0.716. The summed E-state index contributed by atoms with van der Waals surface area (Å²) < 4.78 is 13.3. The van der Waals surface area contributed by atoms with E-state index in [4.69, 9.17) is 0 Å². The van der Waals surface area contributed by atoms with Crippen LogP contribution in [0, 0.1) is 5.82 Å². The molecule has 2 amide bonds. The van der Waals surface area contributed by atoms with Crippen LogP contribution in [0.3, 0.4) is 0 Å². The zero-order chi connectivity index (χ0) is 15.7. The molecule has 0 aromatic heterocycles. The molecule has 6 heteroatoms. The van der Waals surface area contributed by atoms with Crippen molar-refractivity contribution in [1.82, 2.24) is 10.2 Å². The molecule has 1 aromatic carbocycles. The van der Waals surface area contributed by atoms with Crippen molar-refractivity contribution in [3.8, 4) is 0 Å². The fourth-order valence-corrected chi connectivity index (χ4v) is 1.89. The van der Waals surface area contributed by atoms with Crippen LogP contribution < -0.4 is 10.6 Å². The van der Waals surface area contributed by atoms with Gasteiger partial charge in [-0.05, 0) is 26.0 Å². The van der Waals surface area contributed by atoms with Crippen molar-refractivity contribution in [1.29, 1.82) is 0 Å². The first kappa shape index (κ1) is 17.1. The van der Waals surface area contributed by atoms with Gasteiger partial charge >= 0.3 is 0 Å². The number of benzene rings is 1. The molecule has 0 bridgehead atoms. The van der Waals surface area contributed by atoms with E-state index in [0.29, 0.717) is 26.1 Å². The zero-order valence-corrected chi connectivity index (χ0v) is 12.5. The summed E-state index contributed by atoms with van der Waals surface area (Å²) in [6, 6.07) is 5.99. The van der Waals surface area contributed by atoms with Crippen LogP contribution in [-0.2, 0) is 9.59 Å². The minimum absolute atomic E-state index is 0.0415. The maximum atomic E-state index is 13.3. The van der Waals surface area contributed by atoms with Crippen molar-refractivity contribution in [3.63, 3.8) is 0 Å². The first-order valence-corrected chi connectivity index (χ1v) is 7.11. The van der Waals surface area contributed by atoms with Crippen LogP contribution in [0.4, 0.5) is 10.1 Å². The number of para-hydroxylation sites is 1. The molecule has 0 saturated carbocycles. The Morgan fingerprint density at radius 1 is 1.19 bits per heavy atom. The van der Waals surface area contributed by atoms with E-state index in [0.717, 1.165) is 0 Å². The lowest BCUT2D eigenvalue weighted by Crippen LogP contribution is -2.35. The van der Waals surface area contributed by atoms with Gasteiger partial charge in [0, 0.05) is 26.1 Å². The number of hydrogen-bond donors (Lipinski definition) is 2. The lowest BCUT2D eigenvalue weighted by Gasteiger charge is -2.18. The molecule has 21 heavy (non-hydrogen) atoms. The number of hydrogen-bond acceptors (Lipinski definition) is 3. The average Bonchev–Trinajstić information content (AvgIpc) is 2.47. The molecule has 0 atom stereocenters. The Morgan fingerprint density at radius 2 is 1.86 bits per heavy atom. The van der Waals surface area contributed by atoms with Gasteiger partial charge in [0.05, 0.1) is 12.2 Å². The molecule has 0 aliphatic rings. The third-order valence-electron chi connectivity index (χ3n) is 3.07. The Balaban J connectivity index is 2.25. The Morgan fingerprint density at radius 3 is 2.48 bits per heavy atom. The number of anilines is 1. The highest BCUT2D eigenvalue weighted by molar-refractivity contribution is 5.92. The molecule has 116 valence electrons. The summed E-state index contributed by atoms with van der Waals surface area (Å²) in [6.07, 6.45) is 0.342. The molecule has 1 aromatic rings. The van der Waals surface area contributed by atoms with Crippen molar-refractivity contribution in [2.45, 2.75) is 20.3 Å². The summed E-state index contributed by atoms with van der Waals surface area (Å²) in [7, 11) is 0. The number of carbonyl (C=O) groups is 2. The molecule has 0 unspecified atom stereocenters. The maximum absolute atomic E-state index is 13.3. The third kappa shape index (κ3) is 5.91. The van der Waals surface area contributed by atoms with Crippen LogP contribution in [0.15, 0.2) is 24.3 Å². The van der Waals surface area contributed by atoms with E-state index >= 15 is 0 Å². The molecular weight excluding hydrogens is 273 g/mol. The van der Waals surface area contributed by atoms with E-state index in [1.165, 1.54) is 12.1 Å². The molecule has 0 spiro atoms. The highest BCUT2D eigenvalue weighted by Crippen LogP contribution is 2.11. The summed E-state index contributed by atoms with van der Waals surface area (Å²) in [4.78, 5) is 25.1. The summed E-state index contributed by atoms with van der Waals surface area (Å²) in [5.41, 5.74) is 0.156. The van der Waals surface area contributed by atoms with Gasteiger partial charge in [0.15, 0.2) is 0 Å². The number of rotatable bonds is 8. The fraction of sp³-hybridized carbons (Fsp3) is 0.467. The van der Waals surface area contributed by atoms with Crippen LogP contribution in [-0.4, -0.2) is 42.9 Å². The average molecular weight is 295 g/mol. The van der Waals surface area contributed by atoms with Crippen molar-refractivity contribution in [3.05, 3.63) is 30.1 Å². The highest BCUT2D eigenvalue weighted by Gasteiger charge is 2.09. The zero-order valence-electron chi connectivity index (χ0n) is 12.5. The predicted octanol–water partition coefficient (Wildman–Crippen LogP) is 1.61. The Labute approximate surface area is 124 Å². The van der Waals surface area contributed by atoms with Gasteiger partial charge in [0.1, 0.15) is 5.82 Å². The third-order valence-corrected chi connectivity index (χ3v) is 3.07. The van der Waals surface area contributed by atoms with Crippen molar-refractivity contribution < 1.29 is 14.0 Å². The Kier molecular flexibility index (Phi) is 7.39. The lowest BCUT2D eigenvalue weighted by atomic mass is 10.3. The SMILES string of the molecule is CCN(CC)C(=O)CCNCC(=O)Nc1ccccc1F. The molecule has 5 nitrogen and oxygen atoms in total. The number of amides is 2. The monoisotopic (exact) mass is 295 g/mol. The van der Waals surface area contributed by atoms with E-state index in [9.17, 15) is 14.0 Å². The molecule has 0 aliphatic heterocycles. The minimum atomic E-state index is -0.470. The number of nitrogens with zero attached hydrogens (tertiary/aromatic N) is 1. The predicted molar refractivity (Wildman–Crippen MR) is 80.4 cm³/mol. The largest absolute Gasteiger partial charge is 0.343 e. The summed E-state index contributed by atoms with van der Waals surface area (Å²) in [6.45, 7) is 5.68. The van der Waals surface area contributed by atoms with Gasteiger partial charge in [0.25, 0.3) is 0 Å². The molecular formula is C15H22FN3O2. The Bertz CT molecular complexity index is 476.